The second-order valence-corrected chi connectivity index (χ2v) is 11.1. The van der Waals surface area contributed by atoms with Crippen molar-refractivity contribution in [1.82, 2.24) is 0 Å². The molecule has 1 nitrogen and oxygen atoms in total. The van der Waals surface area contributed by atoms with Gasteiger partial charge in [0.15, 0.2) is 5.12 Å². The molecule has 3 saturated carbocycles. The highest BCUT2D eigenvalue weighted by Gasteiger charge is 2.59. The van der Waals surface area contributed by atoms with E-state index in [9.17, 15) is 4.79 Å². The molecule has 0 aliphatic heterocycles. The Labute approximate surface area is 158 Å². The highest BCUT2D eigenvalue weighted by molar-refractivity contribution is 8.16. The molecule has 3 fully saturated rings. The minimum Gasteiger partial charge on any atom is -0.287 e. The van der Waals surface area contributed by atoms with E-state index in [-0.39, 0.29) is 10.5 Å². The standard InChI is InChI=1S/C23H34OS/c1-14-15(2)21-19(25-16(3)24)9-7-12-23(21,5)18-10-13-22(4)11-6-8-17(22)20(14)18/h14,17-18,20H,2,6-13H2,1,3-5H3/t14-,17+,18+,20+,22+,23-/m1/s1. The highest BCUT2D eigenvalue weighted by atomic mass is 32.2. The average molecular weight is 359 g/mol. The van der Waals surface area contributed by atoms with Crippen molar-refractivity contribution in [1.29, 1.82) is 0 Å². The summed E-state index contributed by atoms with van der Waals surface area (Å²) in [6.45, 7) is 13.9. The van der Waals surface area contributed by atoms with Crippen LogP contribution in [0.1, 0.15) is 79.1 Å². The van der Waals surface area contributed by atoms with Crippen molar-refractivity contribution in [2.45, 2.75) is 79.1 Å². The molecule has 25 heavy (non-hydrogen) atoms. The van der Waals surface area contributed by atoms with Crippen molar-refractivity contribution in [3.05, 3.63) is 22.6 Å². The van der Waals surface area contributed by atoms with Gasteiger partial charge in [0.1, 0.15) is 0 Å². The summed E-state index contributed by atoms with van der Waals surface area (Å²) in [5.41, 5.74) is 3.73. The van der Waals surface area contributed by atoms with Crippen molar-refractivity contribution in [2.75, 3.05) is 0 Å². The molecule has 6 atom stereocenters. The molecule has 0 bridgehead atoms. The molecule has 138 valence electrons. The van der Waals surface area contributed by atoms with Crippen LogP contribution >= 0.6 is 11.8 Å². The third kappa shape index (κ3) is 2.53. The molecule has 4 aliphatic rings. The molecule has 0 N–H and O–H groups in total. The first-order chi connectivity index (χ1) is 11.8. The fraction of sp³-hybridized carbons (Fsp3) is 0.783. The third-order valence-electron chi connectivity index (χ3n) is 8.60. The lowest BCUT2D eigenvalue weighted by Gasteiger charge is -2.60. The summed E-state index contributed by atoms with van der Waals surface area (Å²) in [6, 6.07) is 0. The molecular weight excluding hydrogens is 324 g/mol. The van der Waals surface area contributed by atoms with Crippen LogP contribution in [0.5, 0.6) is 0 Å². The van der Waals surface area contributed by atoms with Crippen LogP contribution < -0.4 is 0 Å². The topological polar surface area (TPSA) is 17.1 Å². The molecular formula is C23H34OS. The van der Waals surface area contributed by atoms with Gasteiger partial charge in [-0.05, 0) is 95.5 Å². The predicted octanol–water partition coefficient (Wildman–Crippen LogP) is 6.75. The Morgan fingerprint density at radius 3 is 2.60 bits per heavy atom. The van der Waals surface area contributed by atoms with Gasteiger partial charge in [0.25, 0.3) is 0 Å². The van der Waals surface area contributed by atoms with Gasteiger partial charge >= 0.3 is 0 Å². The lowest BCUT2D eigenvalue weighted by Crippen LogP contribution is -2.52. The van der Waals surface area contributed by atoms with E-state index in [2.05, 4.69) is 27.4 Å². The molecule has 0 saturated heterocycles. The van der Waals surface area contributed by atoms with Gasteiger partial charge in [-0.25, -0.2) is 0 Å². The largest absolute Gasteiger partial charge is 0.287 e. The Kier molecular flexibility index (Phi) is 4.30. The maximum atomic E-state index is 11.9. The van der Waals surface area contributed by atoms with Gasteiger partial charge in [-0.1, -0.05) is 45.5 Å². The van der Waals surface area contributed by atoms with Crippen LogP contribution in [-0.2, 0) is 4.79 Å². The zero-order chi connectivity index (χ0) is 18.0. The molecule has 0 aromatic carbocycles. The minimum absolute atomic E-state index is 0.237. The normalized spacial score (nSPS) is 46.5. The smallest absolute Gasteiger partial charge is 0.190 e. The number of allylic oxidation sites excluding steroid dienone is 3. The molecule has 2 heteroatoms. The van der Waals surface area contributed by atoms with Crippen LogP contribution in [0, 0.1) is 34.5 Å². The van der Waals surface area contributed by atoms with Gasteiger partial charge in [0, 0.05) is 6.92 Å². The third-order valence-corrected chi connectivity index (χ3v) is 9.54. The van der Waals surface area contributed by atoms with Crippen molar-refractivity contribution >= 4 is 16.9 Å². The van der Waals surface area contributed by atoms with E-state index >= 15 is 0 Å². The fourth-order valence-corrected chi connectivity index (χ4v) is 8.52. The lowest BCUT2D eigenvalue weighted by atomic mass is 9.44. The molecule has 0 aromatic rings. The zero-order valence-corrected chi connectivity index (χ0v) is 17.3. The van der Waals surface area contributed by atoms with Crippen molar-refractivity contribution < 1.29 is 4.79 Å². The number of hydrogen-bond donors (Lipinski definition) is 0. The van der Waals surface area contributed by atoms with Crippen LogP contribution in [0.15, 0.2) is 22.6 Å². The van der Waals surface area contributed by atoms with Gasteiger partial charge in [-0.3, -0.25) is 4.79 Å². The summed E-state index contributed by atoms with van der Waals surface area (Å²) in [6.07, 6.45) is 10.7. The zero-order valence-electron chi connectivity index (χ0n) is 16.5. The summed E-state index contributed by atoms with van der Waals surface area (Å²) in [4.78, 5) is 13.2. The molecule has 0 radical (unpaired) electrons. The quantitative estimate of drug-likeness (QED) is 0.516. The van der Waals surface area contributed by atoms with Crippen molar-refractivity contribution in [3.8, 4) is 0 Å². The van der Waals surface area contributed by atoms with E-state index in [1.54, 1.807) is 6.92 Å². The first-order valence-corrected chi connectivity index (χ1v) is 11.2. The molecule has 0 spiro atoms. The minimum atomic E-state index is 0.237. The van der Waals surface area contributed by atoms with Crippen LogP contribution in [0.25, 0.3) is 0 Å². The predicted molar refractivity (Wildman–Crippen MR) is 107 cm³/mol. The summed E-state index contributed by atoms with van der Waals surface area (Å²) < 4.78 is 0. The number of carbonyl (C=O) groups excluding carboxylic acids is 1. The summed E-state index contributed by atoms with van der Waals surface area (Å²) in [5.74, 6) is 3.07. The monoisotopic (exact) mass is 358 g/mol. The van der Waals surface area contributed by atoms with E-state index in [4.69, 9.17) is 0 Å². The first-order valence-electron chi connectivity index (χ1n) is 10.4. The number of thioether (sulfide) groups is 1. The van der Waals surface area contributed by atoms with Crippen LogP contribution in [0.4, 0.5) is 0 Å². The number of rotatable bonds is 1. The second-order valence-electron chi connectivity index (χ2n) is 9.85. The lowest BCUT2D eigenvalue weighted by molar-refractivity contribution is -0.109. The first kappa shape index (κ1) is 17.9. The fourth-order valence-electron chi connectivity index (χ4n) is 7.46. The number of carbonyl (C=O) groups is 1. The van der Waals surface area contributed by atoms with Crippen molar-refractivity contribution in [3.63, 3.8) is 0 Å². The van der Waals surface area contributed by atoms with Crippen LogP contribution in [0.2, 0.25) is 0 Å². The van der Waals surface area contributed by atoms with Gasteiger partial charge in [0.2, 0.25) is 0 Å². The average Bonchev–Trinajstić information content (AvgIpc) is 2.93. The SMILES string of the molecule is C=C1C2=C(SC(C)=O)CCC[C@]2(C)[C@H]2CC[C@]3(C)CCC[C@H]3[C@@H]2[C@@H]1C. The Morgan fingerprint density at radius 1 is 1.12 bits per heavy atom. The van der Waals surface area contributed by atoms with E-state index in [1.807, 2.05) is 0 Å². The number of hydrogen-bond acceptors (Lipinski definition) is 2. The molecule has 0 heterocycles. The van der Waals surface area contributed by atoms with Crippen LogP contribution in [0.3, 0.4) is 0 Å². The number of fused-ring (bicyclic) bond motifs is 5. The molecule has 0 aromatic heterocycles. The Balaban J connectivity index is 1.80. The van der Waals surface area contributed by atoms with Gasteiger partial charge < -0.3 is 0 Å². The van der Waals surface area contributed by atoms with Gasteiger partial charge in [-0.15, -0.1) is 0 Å². The summed E-state index contributed by atoms with van der Waals surface area (Å²) in [7, 11) is 0. The van der Waals surface area contributed by atoms with E-state index in [0.717, 1.165) is 24.2 Å². The Hall–Kier alpha value is -0.500. The second kappa shape index (κ2) is 6.01. The molecule has 0 amide bonds. The van der Waals surface area contributed by atoms with Gasteiger partial charge in [-0.2, -0.15) is 0 Å². The van der Waals surface area contributed by atoms with Gasteiger partial charge in [0.05, 0.1) is 0 Å². The highest BCUT2D eigenvalue weighted by Crippen LogP contribution is 2.68. The van der Waals surface area contributed by atoms with E-state index in [0.29, 0.717) is 11.3 Å². The van der Waals surface area contributed by atoms with E-state index in [1.165, 1.54) is 72.8 Å². The molecule has 4 aliphatic carbocycles. The molecule has 4 rings (SSSR count). The Morgan fingerprint density at radius 2 is 1.88 bits per heavy atom. The molecule has 0 unspecified atom stereocenters. The summed E-state index contributed by atoms with van der Waals surface area (Å²) in [5, 5.41) is 0.237. The summed E-state index contributed by atoms with van der Waals surface area (Å²) >= 11 is 1.50. The van der Waals surface area contributed by atoms with E-state index < -0.39 is 0 Å². The van der Waals surface area contributed by atoms with Crippen molar-refractivity contribution in [2.24, 2.45) is 34.5 Å². The maximum absolute atomic E-state index is 11.9. The Bertz CT molecular complexity index is 646. The van der Waals surface area contributed by atoms with Crippen LogP contribution in [-0.4, -0.2) is 5.12 Å². The maximum Gasteiger partial charge on any atom is 0.190 e.